The molecule has 0 aliphatic carbocycles. The van der Waals surface area contributed by atoms with Crippen molar-refractivity contribution in [3.05, 3.63) is 101 Å². The van der Waals surface area contributed by atoms with Gasteiger partial charge < -0.3 is 29.4 Å². The summed E-state index contributed by atoms with van der Waals surface area (Å²) in [5.41, 5.74) is 0.825. The first-order chi connectivity index (χ1) is 17.8. The maximum absolute atomic E-state index is 14.4. The van der Waals surface area contributed by atoms with E-state index in [1.165, 1.54) is 25.3 Å². The Morgan fingerprint density at radius 1 is 1.16 bits per heavy atom. The Balaban J connectivity index is 1.38. The summed E-state index contributed by atoms with van der Waals surface area (Å²) in [5, 5.41) is 11.4. The number of aromatic nitrogens is 1. The van der Waals surface area contributed by atoms with Crippen LogP contribution in [-0.2, 0) is 27.2 Å². The molecule has 2 aromatic carbocycles. The van der Waals surface area contributed by atoms with E-state index in [0.29, 0.717) is 6.42 Å². The average molecular weight is 512 g/mol. The molecule has 1 aromatic heterocycles. The van der Waals surface area contributed by atoms with Gasteiger partial charge in [0.15, 0.2) is 12.4 Å². The van der Waals surface area contributed by atoms with Gasteiger partial charge in [-0.2, -0.15) is 0 Å². The van der Waals surface area contributed by atoms with Crippen molar-refractivity contribution in [2.24, 2.45) is 0 Å². The minimum absolute atomic E-state index is 0.0186. The third-order valence-electron chi connectivity index (χ3n) is 5.19. The van der Waals surface area contributed by atoms with Crippen LogP contribution in [0.1, 0.15) is 28.4 Å². The van der Waals surface area contributed by atoms with Crippen LogP contribution in [0.25, 0.3) is 0 Å². The van der Waals surface area contributed by atoms with Crippen molar-refractivity contribution in [1.82, 2.24) is 10.3 Å². The first-order valence-corrected chi connectivity index (χ1v) is 11.1. The van der Waals surface area contributed by atoms with Crippen LogP contribution in [0.15, 0.2) is 73.0 Å². The van der Waals surface area contributed by atoms with Gasteiger partial charge >= 0.3 is 11.9 Å². The van der Waals surface area contributed by atoms with Crippen LogP contribution in [0.5, 0.6) is 11.6 Å². The standard InChI is InChI=1S/C26H22F2N2O7/c1-15(26(32)33)35-19-8-7-17(21(28)11-19)12-29-24(31)20-10-18(27)13-30-25(20)37-23-14-34-22(36-23)9-16-5-3-2-4-6-16/h2-8,10-11,13-15,22H,9,12H2,1H3,(H,29,31)(H,32,33)/t15-,22?/m1/s1. The van der Waals surface area contributed by atoms with Crippen molar-refractivity contribution in [2.45, 2.75) is 32.3 Å². The van der Waals surface area contributed by atoms with E-state index in [-0.39, 0.29) is 35.2 Å². The molecule has 2 atom stereocenters. The first kappa shape index (κ1) is 25.4. The highest BCUT2D eigenvalue weighted by atomic mass is 19.1. The summed E-state index contributed by atoms with van der Waals surface area (Å²) in [4.78, 5) is 27.5. The number of carboxylic acid groups (broad SMARTS) is 1. The zero-order valence-corrected chi connectivity index (χ0v) is 19.5. The van der Waals surface area contributed by atoms with E-state index in [0.717, 1.165) is 23.9 Å². The Morgan fingerprint density at radius 3 is 2.68 bits per heavy atom. The number of hydrogen-bond donors (Lipinski definition) is 2. The van der Waals surface area contributed by atoms with Gasteiger partial charge in [-0.25, -0.2) is 18.6 Å². The fourth-order valence-corrected chi connectivity index (χ4v) is 3.30. The number of nitrogens with zero attached hydrogens (tertiary/aromatic N) is 1. The molecule has 0 spiro atoms. The third kappa shape index (κ3) is 6.72. The molecule has 11 heteroatoms. The van der Waals surface area contributed by atoms with E-state index >= 15 is 0 Å². The van der Waals surface area contributed by atoms with Crippen molar-refractivity contribution >= 4 is 11.9 Å². The summed E-state index contributed by atoms with van der Waals surface area (Å²) in [6.45, 7) is 1.06. The van der Waals surface area contributed by atoms with Gasteiger partial charge in [-0.1, -0.05) is 36.4 Å². The van der Waals surface area contributed by atoms with Crippen molar-refractivity contribution in [3.63, 3.8) is 0 Å². The van der Waals surface area contributed by atoms with Gasteiger partial charge in [-0.15, -0.1) is 0 Å². The summed E-state index contributed by atoms with van der Waals surface area (Å²) < 4.78 is 50.0. The van der Waals surface area contributed by atoms with Gasteiger partial charge in [-0.3, -0.25) is 4.79 Å². The number of carbonyl (C=O) groups is 2. The van der Waals surface area contributed by atoms with Crippen LogP contribution in [-0.4, -0.2) is 34.4 Å². The number of pyridine rings is 1. The molecule has 4 rings (SSSR count). The fourth-order valence-electron chi connectivity index (χ4n) is 3.30. The Hall–Kier alpha value is -4.67. The SMILES string of the molecule is C[C@@H](Oc1ccc(CNC(=O)c2cc(F)cnc2OC2=COC(Cc3ccccc3)O2)c(F)c1)C(=O)O. The molecule has 1 aliphatic heterocycles. The molecule has 9 nitrogen and oxygen atoms in total. The molecule has 2 N–H and O–H groups in total. The minimum Gasteiger partial charge on any atom is -0.479 e. The lowest BCUT2D eigenvalue weighted by Gasteiger charge is -2.14. The number of hydrogen-bond acceptors (Lipinski definition) is 7. The Bertz CT molecular complexity index is 1320. The lowest BCUT2D eigenvalue weighted by molar-refractivity contribution is -0.144. The van der Waals surface area contributed by atoms with Crippen LogP contribution < -0.4 is 14.8 Å². The number of benzene rings is 2. The smallest absolute Gasteiger partial charge is 0.344 e. The Labute approximate surface area is 210 Å². The van der Waals surface area contributed by atoms with E-state index in [2.05, 4.69) is 10.3 Å². The molecule has 0 saturated heterocycles. The predicted octanol–water partition coefficient (Wildman–Crippen LogP) is 3.94. The van der Waals surface area contributed by atoms with Crippen molar-refractivity contribution in [3.8, 4) is 11.6 Å². The Kier molecular flexibility index (Phi) is 7.82. The number of halogens is 2. The van der Waals surface area contributed by atoms with Gasteiger partial charge in [0.2, 0.25) is 12.2 Å². The highest BCUT2D eigenvalue weighted by Crippen LogP contribution is 2.25. The quantitative estimate of drug-likeness (QED) is 0.420. The minimum atomic E-state index is -1.20. The first-order valence-electron chi connectivity index (χ1n) is 11.1. The summed E-state index contributed by atoms with van der Waals surface area (Å²) in [6, 6.07) is 14.1. The van der Waals surface area contributed by atoms with Crippen LogP contribution >= 0.6 is 0 Å². The molecule has 0 bridgehead atoms. The molecule has 0 fully saturated rings. The molecular formula is C26H22F2N2O7. The van der Waals surface area contributed by atoms with Crippen LogP contribution in [0.2, 0.25) is 0 Å². The van der Waals surface area contributed by atoms with Crippen molar-refractivity contribution in [2.75, 3.05) is 0 Å². The van der Waals surface area contributed by atoms with Crippen LogP contribution in [0.3, 0.4) is 0 Å². The molecular weight excluding hydrogens is 490 g/mol. The number of aliphatic carboxylic acids is 1. The van der Waals surface area contributed by atoms with Crippen LogP contribution in [0.4, 0.5) is 8.78 Å². The van der Waals surface area contributed by atoms with Gasteiger partial charge in [0.25, 0.3) is 5.91 Å². The number of amides is 1. The zero-order chi connectivity index (χ0) is 26.4. The van der Waals surface area contributed by atoms with Crippen molar-refractivity contribution < 1.29 is 42.4 Å². The molecule has 2 heterocycles. The number of ether oxygens (including phenoxy) is 4. The van der Waals surface area contributed by atoms with Gasteiger partial charge in [0, 0.05) is 24.6 Å². The second-order valence-corrected chi connectivity index (χ2v) is 7.95. The molecule has 1 amide bonds. The topological polar surface area (TPSA) is 116 Å². The van der Waals surface area contributed by atoms with E-state index < -0.39 is 35.9 Å². The van der Waals surface area contributed by atoms with Gasteiger partial charge in [0.1, 0.15) is 22.9 Å². The molecule has 1 aliphatic rings. The second kappa shape index (κ2) is 11.4. The number of nitrogens with one attached hydrogen (secondary N) is 1. The lowest BCUT2D eigenvalue weighted by Crippen LogP contribution is -2.25. The van der Waals surface area contributed by atoms with E-state index in [4.69, 9.17) is 24.1 Å². The van der Waals surface area contributed by atoms with Gasteiger partial charge in [0.05, 0.1) is 6.20 Å². The summed E-state index contributed by atoms with van der Waals surface area (Å²) in [6.07, 6.45) is 0.731. The normalized spacial score (nSPS) is 15.1. The number of carboxylic acids is 1. The monoisotopic (exact) mass is 512 g/mol. The van der Waals surface area contributed by atoms with Crippen molar-refractivity contribution in [1.29, 1.82) is 0 Å². The highest BCUT2D eigenvalue weighted by molar-refractivity contribution is 5.96. The third-order valence-corrected chi connectivity index (χ3v) is 5.19. The summed E-state index contributed by atoms with van der Waals surface area (Å²) >= 11 is 0. The summed E-state index contributed by atoms with van der Waals surface area (Å²) in [5.74, 6) is -3.76. The molecule has 0 radical (unpaired) electrons. The molecule has 3 aromatic rings. The lowest BCUT2D eigenvalue weighted by atomic mass is 10.1. The molecule has 37 heavy (non-hydrogen) atoms. The number of carbonyl (C=O) groups excluding carboxylic acids is 1. The highest BCUT2D eigenvalue weighted by Gasteiger charge is 2.25. The maximum Gasteiger partial charge on any atom is 0.344 e. The largest absolute Gasteiger partial charge is 0.479 e. The van der Waals surface area contributed by atoms with Gasteiger partial charge in [-0.05, 0) is 24.6 Å². The molecule has 192 valence electrons. The zero-order valence-electron chi connectivity index (χ0n) is 19.5. The van der Waals surface area contributed by atoms with E-state index in [1.54, 1.807) is 0 Å². The predicted molar refractivity (Wildman–Crippen MR) is 124 cm³/mol. The van der Waals surface area contributed by atoms with E-state index in [9.17, 15) is 18.4 Å². The fraction of sp³-hybridized carbons (Fsp3) is 0.192. The molecule has 0 saturated carbocycles. The summed E-state index contributed by atoms with van der Waals surface area (Å²) in [7, 11) is 0. The average Bonchev–Trinajstić information content (AvgIpc) is 3.31. The van der Waals surface area contributed by atoms with E-state index in [1.807, 2.05) is 30.3 Å². The second-order valence-electron chi connectivity index (χ2n) is 7.95. The maximum atomic E-state index is 14.4. The molecule has 1 unspecified atom stereocenters. The van der Waals surface area contributed by atoms with Crippen LogP contribution in [0, 0.1) is 11.6 Å². The Morgan fingerprint density at radius 2 is 1.95 bits per heavy atom. The number of rotatable bonds is 10.